The van der Waals surface area contributed by atoms with Gasteiger partial charge in [-0.15, -0.1) is 5.10 Å². The van der Waals surface area contributed by atoms with Crippen LogP contribution in [0.5, 0.6) is 0 Å². The van der Waals surface area contributed by atoms with Gasteiger partial charge in [-0.3, -0.25) is 4.79 Å². The van der Waals surface area contributed by atoms with Gasteiger partial charge < -0.3 is 5.32 Å². The first kappa shape index (κ1) is 18.1. The predicted octanol–water partition coefficient (Wildman–Crippen LogP) is 3.54. The highest BCUT2D eigenvalue weighted by molar-refractivity contribution is 8.00. The number of hydrogen-bond acceptors (Lipinski definition) is 5. The van der Waals surface area contributed by atoms with Crippen molar-refractivity contribution >= 4 is 23.4 Å². The molecular formula is C18H18FN5OS. The third kappa shape index (κ3) is 4.08. The fourth-order valence-electron chi connectivity index (χ4n) is 2.37. The summed E-state index contributed by atoms with van der Waals surface area (Å²) in [6.07, 6.45) is 0. The maximum absolute atomic E-state index is 13.2. The molecule has 0 saturated heterocycles. The van der Waals surface area contributed by atoms with E-state index in [2.05, 4.69) is 20.8 Å². The van der Waals surface area contributed by atoms with Crippen molar-refractivity contribution in [1.82, 2.24) is 20.2 Å². The molecule has 0 aliphatic heterocycles. The van der Waals surface area contributed by atoms with E-state index in [1.165, 1.54) is 23.9 Å². The Kier molecular flexibility index (Phi) is 5.32. The Bertz CT molecular complexity index is 943. The lowest BCUT2D eigenvalue weighted by atomic mass is 10.1. The zero-order chi connectivity index (χ0) is 18.7. The number of rotatable bonds is 5. The molecule has 0 unspecified atom stereocenters. The third-order valence-corrected chi connectivity index (χ3v) is 4.81. The van der Waals surface area contributed by atoms with Gasteiger partial charge in [-0.1, -0.05) is 30.0 Å². The van der Waals surface area contributed by atoms with E-state index in [0.29, 0.717) is 10.8 Å². The molecule has 1 amide bonds. The molecule has 6 nitrogen and oxygen atoms in total. The van der Waals surface area contributed by atoms with Crippen molar-refractivity contribution < 1.29 is 9.18 Å². The van der Waals surface area contributed by atoms with Gasteiger partial charge in [-0.05, 0) is 66.6 Å². The number of anilines is 1. The van der Waals surface area contributed by atoms with Gasteiger partial charge in [0.2, 0.25) is 11.1 Å². The van der Waals surface area contributed by atoms with Crippen LogP contribution in [-0.4, -0.2) is 31.4 Å². The van der Waals surface area contributed by atoms with Gasteiger partial charge in [0.1, 0.15) is 5.82 Å². The first-order chi connectivity index (χ1) is 12.4. The smallest absolute Gasteiger partial charge is 0.237 e. The number of nitrogens with zero attached hydrogens (tertiary/aromatic N) is 4. The highest BCUT2D eigenvalue weighted by Crippen LogP contribution is 2.25. The molecule has 0 aliphatic rings. The topological polar surface area (TPSA) is 72.7 Å². The molecule has 0 spiro atoms. The summed E-state index contributed by atoms with van der Waals surface area (Å²) < 4.78 is 14.9. The van der Waals surface area contributed by atoms with Gasteiger partial charge in [-0.2, -0.15) is 4.68 Å². The first-order valence-electron chi connectivity index (χ1n) is 8.03. The summed E-state index contributed by atoms with van der Waals surface area (Å²) in [5, 5.41) is 14.6. The maximum Gasteiger partial charge on any atom is 0.237 e. The van der Waals surface area contributed by atoms with Crippen LogP contribution in [0.25, 0.3) is 5.69 Å². The second-order valence-corrected chi connectivity index (χ2v) is 7.23. The van der Waals surface area contributed by atoms with Crippen molar-refractivity contribution in [1.29, 1.82) is 0 Å². The molecule has 1 N–H and O–H groups in total. The van der Waals surface area contributed by atoms with Crippen LogP contribution in [0, 0.1) is 19.7 Å². The molecule has 26 heavy (non-hydrogen) atoms. The quantitative estimate of drug-likeness (QED) is 0.695. The Balaban J connectivity index is 1.76. The summed E-state index contributed by atoms with van der Waals surface area (Å²) >= 11 is 1.24. The number of tetrazole rings is 1. The minimum absolute atomic E-state index is 0.254. The Labute approximate surface area is 154 Å². The maximum atomic E-state index is 13.2. The molecular weight excluding hydrogens is 353 g/mol. The van der Waals surface area contributed by atoms with E-state index in [-0.39, 0.29) is 5.91 Å². The zero-order valence-electron chi connectivity index (χ0n) is 14.6. The van der Waals surface area contributed by atoms with Gasteiger partial charge in [0.25, 0.3) is 0 Å². The lowest BCUT2D eigenvalue weighted by Gasteiger charge is -2.13. The molecule has 1 heterocycles. The van der Waals surface area contributed by atoms with E-state index in [0.717, 1.165) is 16.8 Å². The van der Waals surface area contributed by atoms with Gasteiger partial charge in [-0.25, -0.2) is 4.39 Å². The van der Waals surface area contributed by atoms with E-state index in [1.807, 2.05) is 32.0 Å². The molecule has 3 aromatic rings. The number of aromatic nitrogens is 4. The Morgan fingerprint density at radius 2 is 2.04 bits per heavy atom. The molecule has 8 heteroatoms. The van der Waals surface area contributed by atoms with Crippen LogP contribution in [0.2, 0.25) is 0 Å². The number of amides is 1. The molecule has 1 aromatic heterocycles. The summed E-state index contributed by atoms with van der Waals surface area (Å²) in [6.45, 7) is 5.72. The highest BCUT2D eigenvalue weighted by Gasteiger charge is 2.20. The third-order valence-electron chi connectivity index (χ3n) is 3.78. The Hall–Kier alpha value is -2.74. The fourth-order valence-corrected chi connectivity index (χ4v) is 3.17. The SMILES string of the molecule is Cc1ccc(C)c(-n2nnnc2S[C@@H](C)C(=O)Nc2cccc(F)c2)c1. The molecule has 0 bridgehead atoms. The molecule has 0 saturated carbocycles. The lowest BCUT2D eigenvalue weighted by molar-refractivity contribution is -0.115. The molecule has 3 rings (SSSR count). The van der Waals surface area contributed by atoms with Crippen LogP contribution in [-0.2, 0) is 4.79 Å². The first-order valence-corrected chi connectivity index (χ1v) is 8.91. The van der Waals surface area contributed by atoms with Crippen molar-refractivity contribution in [2.24, 2.45) is 0 Å². The van der Waals surface area contributed by atoms with Crippen LogP contribution >= 0.6 is 11.8 Å². The summed E-state index contributed by atoms with van der Waals surface area (Å²) in [6, 6.07) is 11.8. The Morgan fingerprint density at radius 1 is 1.23 bits per heavy atom. The van der Waals surface area contributed by atoms with Crippen LogP contribution < -0.4 is 5.32 Å². The van der Waals surface area contributed by atoms with Crippen LogP contribution in [0.1, 0.15) is 18.1 Å². The molecule has 0 fully saturated rings. The van der Waals surface area contributed by atoms with Gasteiger partial charge in [0.05, 0.1) is 10.9 Å². The minimum atomic E-state index is -0.465. The van der Waals surface area contributed by atoms with Gasteiger partial charge in [0.15, 0.2) is 0 Å². The van der Waals surface area contributed by atoms with Crippen LogP contribution in [0.4, 0.5) is 10.1 Å². The molecule has 1 atom stereocenters. The van der Waals surface area contributed by atoms with Crippen molar-refractivity contribution in [3.63, 3.8) is 0 Å². The lowest BCUT2D eigenvalue weighted by Crippen LogP contribution is -2.23. The number of hydrogen-bond donors (Lipinski definition) is 1. The number of carbonyl (C=O) groups is 1. The zero-order valence-corrected chi connectivity index (χ0v) is 15.4. The van der Waals surface area contributed by atoms with Gasteiger partial charge in [0, 0.05) is 5.69 Å². The number of aryl methyl sites for hydroxylation is 2. The Morgan fingerprint density at radius 3 is 2.81 bits per heavy atom. The number of halogens is 1. The minimum Gasteiger partial charge on any atom is -0.325 e. The second-order valence-electron chi connectivity index (χ2n) is 5.92. The summed E-state index contributed by atoms with van der Waals surface area (Å²) in [7, 11) is 0. The monoisotopic (exact) mass is 371 g/mol. The highest BCUT2D eigenvalue weighted by atomic mass is 32.2. The normalized spacial score (nSPS) is 12.0. The standard InChI is InChI=1S/C18H18FN5OS/c1-11-7-8-12(2)16(9-11)24-18(21-22-23-24)26-13(3)17(25)20-15-6-4-5-14(19)10-15/h4-10,13H,1-3H3,(H,20,25)/t13-/m0/s1. The second kappa shape index (κ2) is 7.65. The van der Waals surface area contributed by atoms with E-state index in [4.69, 9.17) is 0 Å². The molecule has 2 aromatic carbocycles. The number of carbonyl (C=O) groups excluding carboxylic acids is 1. The van der Waals surface area contributed by atoms with Crippen molar-refractivity contribution in [3.8, 4) is 5.69 Å². The van der Waals surface area contributed by atoms with E-state index < -0.39 is 11.1 Å². The molecule has 0 radical (unpaired) electrons. The average molecular weight is 371 g/mol. The largest absolute Gasteiger partial charge is 0.325 e. The fraction of sp³-hybridized carbons (Fsp3) is 0.222. The van der Waals surface area contributed by atoms with Crippen LogP contribution in [0.15, 0.2) is 47.6 Å². The number of nitrogens with one attached hydrogen (secondary N) is 1. The van der Waals surface area contributed by atoms with Crippen LogP contribution in [0.3, 0.4) is 0 Å². The van der Waals surface area contributed by atoms with E-state index >= 15 is 0 Å². The van der Waals surface area contributed by atoms with Crippen molar-refractivity contribution in [2.75, 3.05) is 5.32 Å². The summed E-state index contributed by atoms with van der Waals surface area (Å²) in [4.78, 5) is 12.4. The molecule has 134 valence electrons. The summed E-state index contributed by atoms with van der Waals surface area (Å²) in [5.41, 5.74) is 3.40. The number of benzene rings is 2. The number of thioether (sulfide) groups is 1. The predicted molar refractivity (Wildman–Crippen MR) is 99.0 cm³/mol. The molecule has 0 aliphatic carbocycles. The van der Waals surface area contributed by atoms with Crippen molar-refractivity contribution in [2.45, 2.75) is 31.2 Å². The average Bonchev–Trinajstić information content (AvgIpc) is 3.05. The van der Waals surface area contributed by atoms with Crippen molar-refractivity contribution in [3.05, 3.63) is 59.4 Å². The van der Waals surface area contributed by atoms with Gasteiger partial charge >= 0.3 is 0 Å². The summed E-state index contributed by atoms with van der Waals surface area (Å²) in [5.74, 6) is -0.655. The van der Waals surface area contributed by atoms with E-state index in [1.54, 1.807) is 23.7 Å². The van der Waals surface area contributed by atoms with E-state index in [9.17, 15) is 9.18 Å².